The third-order valence-corrected chi connectivity index (χ3v) is 4.43. The highest BCUT2D eigenvalue weighted by atomic mass is 79.9. The van der Waals surface area contributed by atoms with Gasteiger partial charge < -0.3 is 0 Å². The van der Waals surface area contributed by atoms with Gasteiger partial charge in [-0.15, -0.1) is 0 Å². The summed E-state index contributed by atoms with van der Waals surface area (Å²) in [7, 11) is 0. The molecule has 19 heavy (non-hydrogen) atoms. The van der Waals surface area contributed by atoms with Gasteiger partial charge in [0.2, 0.25) is 0 Å². The summed E-state index contributed by atoms with van der Waals surface area (Å²) in [5.74, 6) is -0.0474. The molecule has 0 spiro atoms. The molecule has 98 valence electrons. The molecule has 2 aromatic carbocycles. The second-order valence-electron chi connectivity index (χ2n) is 4.71. The maximum atomic E-state index is 12.5. The molecule has 0 fully saturated rings. The minimum atomic E-state index is -0.0474. The fourth-order valence-electron chi connectivity index (χ4n) is 1.84. The summed E-state index contributed by atoms with van der Waals surface area (Å²) in [4.78, 5) is 12.5. The quantitative estimate of drug-likeness (QED) is 0.683. The third kappa shape index (κ3) is 2.90. The van der Waals surface area contributed by atoms with Crippen molar-refractivity contribution in [3.63, 3.8) is 0 Å². The molecule has 3 heteroatoms. The standard InChI is InChI=1S/C16H14BrClO/c1-9-4-5-12(8-14(9)17)16(19)13-6-10(2)11(3)7-15(13)18/h4-8H,1-3H3. The summed E-state index contributed by atoms with van der Waals surface area (Å²) in [5.41, 5.74) is 4.46. The van der Waals surface area contributed by atoms with Gasteiger partial charge in [-0.25, -0.2) is 0 Å². The Kier molecular flexibility index (Phi) is 4.12. The van der Waals surface area contributed by atoms with Crippen LogP contribution in [0.5, 0.6) is 0 Å². The summed E-state index contributed by atoms with van der Waals surface area (Å²) in [6.45, 7) is 5.95. The van der Waals surface area contributed by atoms with E-state index in [1.54, 1.807) is 0 Å². The lowest BCUT2D eigenvalue weighted by Crippen LogP contribution is -2.03. The van der Waals surface area contributed by atoms with Crippen molar-refractivity contribution in [2.24, 2.45) is 0 Å². The Balaban J connectivity index is 2.49. The predicted molar refractivity (Wildman–Crippen MR) is 83.2 cm³/mol. The minimum Gasteiger partial charge on any atom is -0.289 e. The van der Waals surface area contributed by atoms with Crippen molar-refractivity contribution < 1.29 is 4.79 Å². The molecule has 0 radical (unpaired) electrons. The second kappa shape index (κ2) is 5.48. The molecule has 0 amide bonds. The zero-order valence-corrected chi connectivity index (χ0v) is 13.4. The van der Waals surface area contributed by atoms with Crippen LogP contribution >= 0.6 is 27.5 Å². The number of aryl methyl sites for hydroxylation is 3. The van der Waals surface area contributed by atoms with Crippen LogP contribution in [-0.2, 0) is 0 Å². The van der Waals surface area contributed by atoms with Crippen molar-refractivity contribution >= 4 is 33.3 Å². The molecule has 0 aliphatic heterocycles. The van der Waals surface area contributed by atoms with Crippen molar-refractivity contribution in [1.82, 2.24) is 0 Å². The molecule has 0 heterocycles. The Morgan fingerprint density at radius 3 is 2.26 bits per heavy atom. The molecule has 0 N–H and O–H groups in total. The molecular weight excluding hydrogens is 324 g/mol. The highest BCUT2D eigenvalue weighted by Gasteiger charge is 2.14. The summed E-state index contributed by atoms with van der Waals surface area (Å²) < 4.78 is 0.929. The summed E-state index contributed by atoms with van der Waals surface area (Å²) in [6.07, 6.45) is 0. The molecule has 0 saturated carbocycles. The van der Waals surface area contributed by atoms with Crippen molar-refractivity contribution in [3.05, 3.63) is 67.6 Å². The maximum Gasteiger partial charge on any atom is 0.194 e. The summed E-state index contributed by atoms with van der Waals surface area (Å²) in [6, 6.07) is 9.28. The van der Waals surface area contributed by atoms with E-state index in [0.717, 1.165) is 21.2 Å². The van der Waals surface area contributed by atoms with Gasteiger partial charge in [-0.05, 0) is 55.7 Å². The van der Waals surface area contributed by atoms with Crippen molar-refractivity contribution in [2.75, 3.05) is 0 Å². The number of carbonyl (C=O) groups excluding carboxylic acids is 1. The third-order valence-electron chi connectivity index (χ3n) is 3.26. The van der Waals surface area contributed by atoms with E-state index in [4.69, 9.17) is 11.6 Å². The predicted octanol–water partition coefficient (Wildman–Crippen LogP) is 5.26. The van der Waals surface area contributed by atoms with Gasteiger partial charge in [0.05, 0.1) is 5.02 Å². The van der Waals surface area contributed by atoms with Crippen LogP contribution in [0.25, 0.3) is 0 Å². The Morgan fingerprint density at radius 1 is 1.00 bits per heavy atom. The van der Waals surface area contributed by atoms with Crippen LogP contribution in [0, 0.1) is 20.8 Å². The lowest BCUT2D eigenvalue weighted by atomic mass is 9.98. The van der Waals surface area contributed by atoms with Gasteiger partial charge in [0.15, 0.2) is 5.78 Å². The summed E-state index contributed by atoms with van der Waals surface area (Å²) in [5, 5.41) is 0.504. The average Bonchev–Trinajstić information content (AvgIpc) is 2.36. The van der Waals surface area contributed by atoms with E-state index in [1.807, 2.05) is 51.1 Å². The largest absolute Gasteiger partial charge is 0.289 e. The van der Waals surface area contributed by atoms with E-state index in [9.17, 15) is 4.79 Å². The van der Waals surface area contributed by atoms with Gasteiger partial charge in [-0.3, -0.25) is 4.79 Å². The summed E-state index contributed by atoms with van der Waals surface area (Å²) >= 11 is 9.63. The normalized spacial score (nSPS) is 10.6. The van der Waals surface area contributed by atoms with Crippen LogP contribution < -0.4 is 0 Å². The first kappa shape index (κ1) is 14.3. The Labute approximate surface area is 126 Å². The fourth-order valence-corrected chi connectivity index (χ4v) is 2.53. The number of halogens is 2. The Hall–Kier alpha value is -1.12. The van der Waals surface area contributed by atoms with E-state index in [-0.39, 0.29) is 5.78 Å². The van der Waals surface area contributed by atoms with Crippen LogP contribution in [0.2, 0.25) is 5.02 Å². The van der Waals surface area contributed by atoms with Gasteiger partial charge in [-0.2, -0.15) is 0 Å². The highest BCUT2D eigenvalue weighted by molar-refractivity contribution is 9.10. The van der Waals surface area contributed by atoms with E-state index < -0.39 is 0 Å². The maximum absolute atomic E-state index is 12.5. The lowest BCUT2D eigenvalue weighted by molar-refractivity contribution is 0.103. The zero-order chi connectivity index (χ0) is 14.2. The molecule has 0 saturated heterocycles. The number of carbonyl (C=O) groups is 1. The molecule has 2 aromatic rings. The van der Waals surface area contributed by atoms with Crippen molar-refractivity contribution in [3.8, 4) is 0 Å². The molecular formula is C16H14BrClO. The van der Waals surface area contributed by atoms with Gasteiger partial charge in [0.25, 0.3) is 0 Å². The molecule has 0 aliphatic rings. The number of hydrogen-bond donors (Lipinski definition) is 0. The van der Waals surface area contributed by atoms with E-state index in [2.05, 4.69) is 15.9 Å². The highest BCUT2D eigenvalue weighted by Crippen LogP contribution is 2.25. The molecule has 0 aromatic heterocycles. The molecule has 1 nitrogen and oxygen atoms in total. The lowest BCUT2D eigenvalue weighted by Gasteiger charge is -2.08. The number of rotatable bonds is 2. The van der Waals surface area contributed by atoms with Gasteiger partial charge in [-0.1, -0.05) is 39.7 Å². The second-order valence-corrected chi connectivity index (χ2v) is 5.97. The van der Waals surface area contributed by atoms with E-state index in [1.165, 1.54) is 0 Å². The first-order chi connectivity index (χ1) is 8.90. The first-order valence-electron chi connectivity index (χ1n) is 5.97. The van der Waals surface area contributed by atoms with E-state index in [0.29, 0.717) is 16.1 Å². The van der Waals surface area contributed by atoms with Gasteiger partial charge in [0.1, 0.15) is 0 Å². The fraction of sp³-hybridized carbons (Fsp3) is 0.188. The van der Waals surface area contributed by atoms with Crippen molar-refractivity contribution in [2.45, 2.75) is 20.8 Å². The molecule has 0 bridgehead atoms. The molecule has 2 rings (SSSR count). The Morgan fingerprint density at radius 2 is 1.63 bits per heavy atom. The van der Waals surface area contributed by atoms with Crippen LogP contribution in [-0.4, -0.2) is 5.78 Å². The van der Waals surface area contributed by atoms with E-state index >= 15 is 0 Å². The number of ketones is 1. The number of benzene rings is 2. The molecule has 0 unspecified atom stereocenters. The topological polar surface area (TPSA) is 17.1 Å². The molecule has 0 atom stereocenters. The van der Waals surface area contributed by atoms with Crippen molar-refractivity contribution in [1.29, 1.82) is 0 Å². The van der Waals surface area contributed by atoms with Crippen LogP contribution in [0.3, 0.4) is 0 Å². The van der Waals surface area contributed by atoms with Crippen LogP contribution in [0.1, 0.15) is 32.6 Å². The van der Waals surface area contributed by atoms with Crippen LogP contribution in [0.4, 0.5) is 0 Å². The van der Waals surface area contributed by atoms with Gasteiger partial charge >= 0.3 is 0 Å². The average molecular weight is 338 g/mol. The first-order valence-corrected chi connectivity index (χ1v) is 7.15. The Bertz CT molecular complexity index is 662. The SMILES string of the molecule is Cc1cc(Cl)c(C(=O)c2ccc(C)c(Br)c2)cc1C. The zero-order valence-electron chi connectivity index (χ0n) is 11.1. The monoisotopic (exact) mass is 336 g/mol. The van der Waals surface area contributed by atoms with Gasteiger partial charge in [0, 0.05) is 15.6 Å². The smallest absolute Gasteiger partial charge is 0.194 e. The minimum absolute atomic E-state index is 0.0474. The van der Waals surface area contributed by atoms with Crippen LogP contribution in [0.15, 0.2) is 34.8 Å². The molecule has 0 aliphatic carbocycles. The number of hydrogen-bond acceptors (Lipinski definition) is 1.